The number of ether oxygens (including phenoxy) is 5. The molecule has 4 aliphatic carbocycles. The van der Waals surface area contributed by atoms with Crippen molar-refractivity contribution in [3.8, 4) is 0 Å². The minimum absolute atomic E-state index is 0.107. The Labute approximate surface area is 628 Å². The van der Waals surface area contributed by atoms with Gasteiger partial charge in [0.2, 0.25) is 11.8 Å². The molecule has 0 radical (unpaired) electrons. The number of rotatable bonds is 36. The van der Waals surface area contributed by atoms with E-state index < -0.39 is 138 Å². The second-order valence-corrected chi connectivity index (χ2v) is 33.7. The van der Waals surface area contributed by atoms with E-state index in [9.17, 15) is 69.9 Å². The number of hydrogen-bond acceptors (Lipinski definition) is 21. The highest BCUT2D eigenvalue weighted by Crippen LogP contribution is 2.47. The van der Waals surface area contributed by atoms with Gasteiger partial charge in [0.05, 0.1) is 18.5 Å². The van der Waals surface area contributed by atoms with Gasteiger partial charge in [-0.15, -0.1) is 13.2 Å². The van der Waals surface area contributed by atoms with Crippen LogP contribution in [0.2, 0.25) is 0 Å². The van der Waals surface area contributed by atoms with Gasteiger partial charge in [-0.25, -0.2) is 55.0 Å². The van der Waals surface area contributed by atoms with Crippen LogP contribution in [0.5, 0.6) is 0 Å². The number of para-hydroxylation sites is 2. The summed E-state index contributed by atoms with van der Waals surface area (Å²) in [6.45, 7) is 19.4. The van der Waals surface area contributed by atoms with Crippen LogP contribution >= 0.6 is 0 Å². The molecule has 0 spiro atoms. The Morgan fingerprint density at radius 2 is 0.897 bits per heavy atom. The summed E-state index contributed by atoms with van der Waals surface area (Å²) in [7, 11) is -7.45. The number of hydrogen-bond donors (Lipinski definition) is 9. The van der Waals surface area contributed by atoms with Crippen molar-refractivity contribution in [1.29, 1.82) is 0 Å². The van der Waals surface area contributed by atoms with Gasteiger partial charge in [-0.3, -0.25) is 29.0 Å². The molecule has 0 aromatic heterocycles. The Bertz CT molecular complexity index is 3700. The summed E-state index contributed by atoms with van der Waals surface area (Å²) in [6.07, 6.45) is 18.0. The highest BCUT2D eigenvalue weighted by molar-refractivity contribution is 7.90. The number of likely N-dealkylation sites (tertiary alicyclic amines) is 2. The zero-order valence-corrected chi connectivity index (χ0v) is 64.6. The van der Waals surface area contributed by atoms with Gasteiger partial charge in [0.15, 0.2) is 0 Å². The summed E-state index contributed by atoms with van der Waals surface area (Å²) in [5.74, 6) is -5.51. The number of carboxylic acid groups (broad SMARTS) is 1. The lowest BCUT2D eigenvalue weighted by Gasteiger charge is -2.29. The largest absolute Gasteiger partial charge is 0.480 e. The molecule has 2 saturated heterocycles. The van der Waals surface area contributed by atoms with Crippen LogP contribution in [0.4, 0.5) is 30.6 Å². The molecule has 9 N–H and O–H groups in total. The third-order valence-corrected chi connectivity index (χ3v) is 22.5. The Morgan fingerprint density at radius 3 is 1.26 bits per heavy atom. The van der Waals surface area contributed by atoms with Crippen molar-refractivity contribution >= 4 is 91.4 Å². The monoisotopic (exact) mass is 1540 g/mol. The molecule has 4 saturated carbocycles. The maximum atomic E-state index is 13.6. The Kier molecular flexibility index (Phi) is 31.1. The van der Waals surface area contributed by atoms with Crippen LogP contribution in [0.25, 0.3) is 0 Å². The number of carboxylic acids is 1. The van der Waals surface area contributed by atoms with Crippen molar-refractivity contribution in [2.45, 2.75) is 277 Å². The average molecular weight is 1540 g/mol. The van der Waals surface area contributed by atoms with Gasteiger partial charge >= 0.3 is 36.3 Å². The van der Waals surface area contributed by atoms with Crippen molar-refractivity contribution < 1.29 is 93.6 Å². The zero-order chi connectivity index (χ0) is 78.3. The first-order valence-electron chi connectivity index (χ1n) is 37.6. The van der Waals surface area contributed by atoms with Crippen LogP contribution in [0.15, 0.2) is 83.6 Å². The van der Waals surface area contributed by atoms with Gasteiger partial charge in [-0.2, -0.15) is 0 Å². The summed E-state index contributed by atoms with van der Waals surface area (Å²) in [6, 6.07) is 8.95. The molecule has 30 nitrogen and oxygen atoms in total. The number of nitrogens with zero attached hydrogens (tertiary/aromatic N) is 2. The van der Waals surface area contributed by atoms with Gasteiger partial charge in [0.1, 0.15) is 68.4 Å². The van der Waals surface area contributed by atoms with E-state index in [0.29, 0.717) is 88.9 Å². The fourth-order valence-electron chi connectivity index (χ4n) is 13.8. The second-order valence-electron chi connectivity index (χ2n) is 30.4. The molecule has 32 heteroatoms. The smallest absolute Gasteiger partial charge is 0.410 e. The first kappa shape index (κ1) is 85.6. The van der Waals surface area contributed by atoms with Crippen LogP contribution in [0, 0.1) is 11.8 Å². The summed E-state index contributed by atoms with van der Waals surface area (Å²) in [5.41, 5.74) is -3.94. The van der Waals surface area contributed by atoms with Crippen LogP contribution < -0.4 is 41.3 Å². The van der Waals surface area contributed by atoms with E-state index in [1.807, 2.05) is 0 Å². The minimum Gasteiger partial charge on any atom is -0.480 e. The van der Waals surface area contributed by atoms with E-state index in [-0.39, 0.29) is 41.3 Å². The zero-order valence-electron chi connectivity index (χ0n) is 62.9. The SMILES string of the molecule is C=C[C@@H]1C[C@]1(NC(=O)[C@@H]1CCCN1C(=O)OC(C)(C)C)C(=O)NS(=O)(=O)c1ccccc1NCCCCCCC[C@H](NC(=O)OC1CCCC1)C(=O)O.C=C[C@@H]1C[C@]1(NC(=O)[C@@H]1CCCN1C(=O)OC(C)(C)C)C(=O)NS(=O)(=O)c1ccccc1NCCCCCCC[C@H](NC(=O)OC1CCCC1)C(=O)OC. The number of anilines is 2. The summed E-state index contributed by atoms with van der Waals surface area (Å²) >= 11 is 0. The third kappa shape index (κ3) is 25.2. The molecule has 6 fully saturated rings. The Balaban J connectivity index is 0.000000298. The van der Waals surface area contributed by atoms with Crippen molar-refractivity contribution in [2.75, 3.05) is 43.9 Å². The predicted octanol–water partition coefficient (Wildman–Crippen LogP) is 9.74. The molecule has 8 atom stereocenters. The van der Waals surface area contributed by atoms with Gasteiger partial charge in [-0.05, 0) is 181 Å². The number of nitrogens with one attached hydrogen (secondary N) is 8. The number of aliphatic carboxylic acids is 1. The van der Waals surface area contributed by atoms with Crippen molar-refractivity contribution in [2.24, 2.45) is 11.8 Å². The molecule has 2 aromatic rings. The van der Waals surface area contributed by atoms with Gasteiger partial charge in [0, 0.05) is 38.0 Å². The van der Waals surface area contributed by atoms with E-state index in [1.165, 1.54) is 41.2 Å². The molecule has 2 aliphatic heterocycles. The van der Waals surface area contributed by atoms with Gasteiger partial charge in [0.25, 0.3) is 31.9 Å². The molecule has 8 amide bonds. The van der Waals surface area contributed by atoms with Crippen LogP contribution in [-0.4, -0.2) is 184 Å². The van der Waals surface area contributed by atoms with Crippen LogP contribution in [0.3, 0.4) is 0 Å². The topological polar surface area (TPSA) is 408 Å². The van der Waals surface area contributed by atoms with Gasteiger partial charge in [-0.1, -0.05) is 87.8 Å². The lowest BCUT2D eigenvalue weighted by atomic mass is 10.1. The molecule has 107 heavy (non-hydrogen) atoms. The number of sulfonamides is 2. The lowest BCUT2D eigenvalue weighted by Crippen LogP contribution is -2.56. The Morgan fingerprint density at radius 1 is 0.533 bits per heavy atom. The van der Waals surface area contributed by atoms with Crippen molar-refractivity contribution in [3.05, 3.63) is 73.8 Å². The van der Waals surface area contributed by atoms with E-state index >= 15 is 0 Å². The molecule has 2 aromatic carbocycles. The first-order valence-corrected chi connectivity index (χ1v) is 40.6. The molecular formula is C75H112N10O20S2. The number of carbonyl (C=O) groups excluding carboxylic acids is 9. The fourth-order valence-corrected chi connectivity index (χ4v) is 16.3. The highest BCUT2D eigenvalue weighted by Gasteiger charge is 2.63. The molecule has 6 aliphatic rings. The van der Waals surface area contributed by atoms with E-state index in [4.69, 9.17) is 23.7 Å². The molecule has 0 unspecified atom stereocenters. The number of carbonyl (C=O) groups is 10. The molecule has 2 heterocycles. The minimum atomic E-state index is -4.37. The summed E-state index contributed by atoms with van der Waals surface area (Å²) in [5, 5.41) is 26.4. The number of benzene rings is 2. The number of esters is 1. The summed E-state index contributed by atoms with van der Waals surface area (Å²) in [4.78, 5) is 130. The number of amides is 8. The average Bonchev–Trinajstić information content (AvgIpc) is 1.58. The predicted molar refractivity (Wildman–Crippen MR) is 397 cm³/mol. The second kappa shape index (κ2) is 38.9. The normalized spacial score (nSPS) is 21.9. The highest BCUT2D eigenvalue weighted by atomic mass is 32.2. The third-order valence-electron chi connectivity index (χ3n) is 19.8. The number of unbranched alkanes of at least 4 members (excludes halogenated alkanes) is 8. The Hall–Kier alpha value is -8.68. The van der Waals surface area contributed by atoms with Crippen LogP contribution in [0.1, 0.15) is 208 Å². The maximum absolute atomic E-state index is 13.6. The fraction of sp³-hybridized carbons (Fsp3) is 0.653. The molecular weight excluding hydrogens is 1430 g/mol. The van der Waals surface area contributed by atoms with Gasteiger partial charge < -0.3 is 60.7 Å². The van der Waals surface area contributed by atoms with E-state index in [1.54, 1.807) is 77.9 Å². The maximum Gasteiger partial charge on any atom is 0.410 e. The standard InChI is InChI=1S/C38H57N5O10S.C37H55N5O10S/c1-6-26-25-38(26,41-32(44)30-21-16-24-43(30)36(48)53-37(2,3)4)34(46)42-54(49,50)31-22-14-13-19-28(31)39-23-15-9-7-8-10-20-29(33(45)51-5)40-35(47)52-27-17-11-12-18-27;1-5-25-24-37(25,40-31(43)29-20-15-23-42(29)35(48)52-36(2,3)4)33(46)41-53(49,50)30-21-13-12-18-27(30)38-22-14-8-6-7-9-19-28(32(44)45)39-34(47)51-26-16-10-11-17-26/h6,13-14,19,22,26-27,29-30,39H,1,7-12,15-18,20-21,23-25H2,2-5H3,(H,40,47)(H,41,44)(H,42,46);5,12-13,18,21,25-26,28-29,38H,1,6-11,14-17,19-20,22-24H2,2-4H3,(H,39,47)(H,40,43)(H,41,46)(H,44,45)/t26-,29+,30+,38-;25-,28+,29+,37-/m11/s1. The van der Waals surface area contributed by atoms with Crippen molar-refractivity contribution in [1.82, 2.24) is 40.5 Å². The van der Waals surface area contributed by atoms with Crippen molar-refractivity contribution in [3.63, 3.8) is 0 Å². The molecule has 594 valence electrons. The lowest BCUT2D eigenvalue weighted by molar-refractivity contribution is -0.143. The van der Waals surface area contributed by atoms with E-state index in [2.05, 4.69) is 54.5 Å². The van der Waals surface area contributed by atoms with Crippen LogP contribution in [-0.2, 0) is 72.5 Å². The van der Waals surface area contributed by atoms with E-state index in [0.717, 1.165) is 96.3 Å². The quantitative estimate of drug-likeness (QED) is 0.0133. The molecule has 8 rings (SSSR count). The number of methoxy groups -OCH3 is 1. The summed E-state index contributed by atoms with van der Waals surface area (Å²) < 4.78 is 85.1. The molecule has 0 bridgehead atoms. The first-order chi connectivity index (χ1) is 50.7. The number of alkyl carbamates (subject to hydrolysis) is 2.